The van der Waals surface area contributed by atoms with Crippen LogP contribution in [0.15, 0.2) is 0 Å². The molecular weight excluding hydrogens is 364 g/mol. The molecule has 0 bridgehead atoms. The predicted octanol–water partition coefficient (Wildman–Crippen LogP) is 2.95. The number of hydrogen-bond acceptors (Lipinski definition) is 6. The number of unbranched alkanes of at least 4 members (excludes halogenated alkanes) is 12. The van der Waals surface area contributed by atoms with E-state index in [1.807, 2.05) is 0 Å². The molecule has 0 rings (SSSR count). The number of rotatable bonds is 17. The Labute approximate surface area is 170 Å². The fourth-order valence-electron chi connectivity index (χ4n) is 2.70. The summed E-state index contributed by atoms with van der Waals surface area (Å²) in [5.74, 6) is -4.84. The summed E-state index contributed by atoms with van der Waals surface area (Å²) in [6, 6.07) is 0. The van der Waals surface area contributed by atoms with Crippen molar-refractivity contribution >= 4 is 5.97 Å². The first-order valence-electron chi connectivity index (χ1n) is 10.8. The molecule has 0 saturated carbocycles. The third-order valence-electron chi connectivity index (χ3n) is 4.62. The maximum atomic E-state index is 10.5. The molecule has 7 heteroatoms. The zero-order valence-corrected chi connectivity index (χ0v) is 17.9. The SMILES string of the molecule is CC(O)CO.CCCCCCCCCCCCCCCC(O)C(O)(O)C(=O)O. The summed E-state index contributed by atoms with van der Waals surface area (Å²) in [5.41, 5.74) is 0. The van der Waals surface area contributed by atoms with E-state index in [1.165, 1.54) is 64.7 Å². The second kappa shape index (κ2) is 19.6. The van der Waals surface area contributed by atoms with Gasteiger partial charge in [0, 0.05) is 0 Å². The molecule has 0 aromatic heterocycles. The van der Waals surface area contributed by atoms with Crippen LogP contribution < -0.4 is 0 Å². The molecule has 7 nitrogen and oxygen atoms in total. The minimum absolute atomic E-state index is 0.0943. The van der Waals surface area contributed by atoms with Gasteiger partial charge in [-0.2, -0.15) is 0 Å². The minimum atomic E-state index is -3.03. The van der Waals surface area contributed by atoms with E-state index in [9.17, 15) is 9.90 Å². The average Bonchev–Trinajstić information content (AvgIpc) is 2.65. The van der Waals surface area contributed by atoms with E-state index in [0.717, 1.165) is 19.3 Å². The summed E-state index contributed by atoms with van der Waals surface area (Å²) in [6.07, 6.45) is 13.4. The lowest BCUT2D eigenvalue weighted by atomic mass is 10.0. The second-order valence-electron chi connectivity index (χ2n) is 7.61. The van der Waals surface area contributed by atoms with Crippen molar-refractivity contribution in [1.29, 1.82) is 0 Å². The molecule has 0 heterocycles. The van der Waals surface area contributed by atoms with E-state index >= 15 is 0 Å². The Morgan fingerprint density at radius 3 is 1.39 bits per heavy atom. The normalized spacial score (nSPS) is 13.5. The number of carboxylic acid groups (broad SMARTS) is 1. The Morgan fingerprint density at radius 1 is 0.786 bits per heavy atom. The molecule has 0 aliphatic carbocycles. The molecule has 28 heavy (non-hydrogen) atoms. The first-order chi connectivity index (χ1) is 13.2. The van der Waals surface area contributed by atoms with Gasteiger partial charge >= 0.3 is 5.97 Å². The van der Waals surface area contributed by atoms with Gasteiger partial charge in [-0.1, -0.05) is 90.4 Å². The zero-order chi connectivity index (χ0) is 21.8. The van der Waals surface area contributed by atoms with Crippen LogP contribution in [0, 0.1) is 0 Å². The molecule has 170 valence electrons. The lowest BCUT2D eigenvalue weighted by Crippen LogP contribution is -2.49. The number of hydrogen-bond donors (Lipinski definition) is 6. The lowest BCUT2D eigenvalue weighted by Gasteiger charge is -2.22. The van der Waals surface area contributed by atoms with Crippen LogP contribution >= 0.6 is 0 Å². The summed E-state index contributed by atoms with van der Waals surface area (Å²) >= 11 is 0. The van der Waals surface area contributed by atoms with Crippen molar-refractivity contribution < 1.29 is 35.4 Å². The molecule has 6 N–H and O–H groups in total. The summed E-state index contributed by atoms with van der Waals surface area (Å²) < 4.78 is 0. The largest absolute Gasteiger partial charge is 0.477 e. The molecule has 2 atom stereocenters. The maximum Gasteiger partial charge on any atom is 0.366 e. The van der Waals surface area contributed by atoms with Gasteiger partial charge < -0.3 is 30.6 Å². The summed E-state index contributed by atoms with van der Waals surface area (Å²) in [7, 11) is 0. The van der Waals surface area contributed by atoms with Gasteiger partial charge in [-0.05, 0) is 13.3 Å². The van der Waals surface area contributed by atoms with Gasteiger partial charge in [-0.15, -0.1) is 0 Å². The van der Waals surface area contributed by atoms with E-state index in [2.05, 4.69) is 6.92 Å². The van der Waals surface area contributed by atoms with E-state index in [4.69, 9.17) is 25.5 Å². The molecule has 0 radical (unpaired) electrons. The molecule has 0 amide bonds. The third kappa shape index (κ3) is 18.6. The topological polar surface area (TPSA) is 138 Å². The van der Waals surface area contributed by atoms with Gasteiger partial charge in [0.05, 0.1) is 12.7 Å². The van der Waals surface area contributed by atoms with Gasteiger partial charge in [0.25, 0.3) is 5.79 Å². The Bertz CT molecular complexity index is 346. The predicted molar refractivity (Wildman–Crippen MR) is 110 cm³/mol. The van der Waals surface area contributed by atoms with Crippen LogP contribution in [0.4, 0.5) is 0 Å². The van der Waals surface area contributed by atoms with E-state index in [1.54, 1.807) is 0 Å². The zero-order valence-electron chi connectivity index (χ0n) is 17.9. The smallest absolute Gasteiger partial charge is 0.366 e. The lowest BCUT2D eigenvalue weighted by molar-refractivity contribution is -0.237. The first kappa shape index (κ1) is 29.5. The Morgan fingerprint density at radius 2 is 1.11 bits per heavy atom. The van der Waals surface area contributed by atoms with Crippen molar-refractivity contribution in [3.05, 3.63) is 0 Å². The second-order valence-corrected chi connectivity index (χ2v) is 7.61. The highest BCUT2D eigenvalue weighted by Crippen LogP contribution is 2.16. The number of aliphatic hydroxyl groups excluding tert-OH is 3. The van der Waals surface area contributed by atoms with Crippen molar-refractivity contribution in [2.24, 2.45) is 0 Å². The van der Waals surface area contributed by atoms with Gasteiger partial charge in [0.1, 0.15) is 6.10 Å². The monoisotopic (exact) mass is 408 g/mol. The fraction of sp³-hybridized carbons (Fsp3) is 0.952. The van der Waals surface area contributed by atoms with Crippen molar-refractivity contribution in [3.8, 4) is 0 Å². The van der Waals surface area contributed by atoms with Gasteiger partial charge in [-0.25, -0.2) is 4.79 Å². The maximum absolute atomic E-state index is 10.5. The molecule has 2 unspecified atom stereocenters. The molecule has 0 fully saturated rings. The van der Waals surface area contributed by atoms with Gasteiger partial charge in [-0.3, -0.25) is 0 Å². The number of aliphatic hydroxyl groups is 5. The average molecular weight is 409 g/mol. The van der Waals surface area contributed by atoms with Gasteiger partial charge in [0.2, 0.25) is 0 Å². The number of carboxylic acids is 1. The molecule has 0 saturated heterocycles. The Kier molecular flexibility index (Phi) is 20.6. The molecular formula is C21H44O7. The number of carbonyl (C=O) groups is 1. The highest BCUT2D eigenvalue weighted by atomic mass is 16.6. The summed E-state index contributed by atoms with van der Waals surface area (Å²) in [5, 5.41) is 52.3. The van der Waals surface area contributed by atoms with Crippen molar-refractivity contribution in [1.82, 2.24) is 0 Å². The minimum Gasteiger partial charge on any atom is -0.477 e. The molecule has 0 spiro atoms. The van der Waals surface area contributed by atoms with Crippen LogP contribution in [-0.2, 0) is 4.79 Å². The van der Waals surface area contributed by atoms with Crippen molar-refractivity contribution in [2.75, 3.05) is 6.61 Å². The van der Waals surface area contributed by atoms with E-state index < -0.39 is 24.0 Å². The van der Waals surface area contributed by atoms with Crippen LogP contribution in [-0.4, -0.2) is 61.2 Å². The summed E-state index contributed by atoms with van der Waals surface area (Å²) in [4.78, 5) is 10.5. The van der Waals surface area contributed by atoms with Crippen LogP contribution in [0.5, 0.6) is 0 Å². The van der Waals surface area contributed by atoms with Crippen molar-refractivity contribution in [2.45, 2.75) is 122 Å². The summed E-state index contributed by atoms with van der Waals surface area (Å²) in [6.45, 7) is 3.62. The Hall–Kier alpha value is -0.730. The highest BCUT2D eigenvalue weighted by molar-refractivity contribution is 5.75. The van der Waals surface area contributed by atoms with Crippen LogP contribution in [0.1, 0.15) is 104 Å². The van der Waals surface area contributed by atoms with Gasteiger partial charge in [0.15, 0.2) is 0 Å². The first-order valence-corrected chi connectivity index (χ1v) is 10.8. The van der Waals surface area contributed by atoms with Crippen LogP contribution in [0.25, 0.3) is 0 Å². The van der Waals surface area contributed by atoms with Crippen molar-refractivity contribution in [3.63, 3.8) is 0 Å². The quantitative estimate of drug-likeness (QED) is 0.161. The fourth-order valence-corrected chi connectivity index (χ4v) is 2.70. The Balaban J connectivity index is 0. The van der Waals surface area contributed by atoms with E-state index in [0.29, 0.717) is 6.42 Å². The van der Waals surface area contributed by atoms with Crippen LogP contribution in [0.2, 0.25) is 0 Å². The third-order valence-corrected chi connectivity index (χ3v) is 4.62. The molecule has 0 aliphatic heterocycles. The van der Waals surface area contributed by atoms with Crippen LogP contribution in [0.3, 0.4) is 0 Å². The molecule has 0 aromatic rings. The molecule has 0 aliphatic rings. The van der Waals surface area contributed by atoms with E-state index in [-0.39, 0.29) is 13.0 Å². The highest BCUT2D eigenvalue weighted by Gasteiger charge is 2.41. The number of aliphatic carboxylic acids is 1. The molecule has 0 aromatic carbocycles. The standard InChI is InChI=1S/C18H36O5.C3H8O2/c1-2-3-4-5-6-7-8-9-10-11-12-13-14-15-16(19)18(22,23)17(20)21;1-3(5)2-4/h16,19,22-23H,2-15H2,1H3,(H,20,21);3-5H,2H2,1H3.